The van der Waals surface area contributed by atoms with Gasteiger partial charge in [0.05, 0.1) is 12.1 Å². The summed E-state index contributed by atoms with van der Waals surface area (Å²) in [6, 6.07) is 2.29. The van der Waals surface area contributed by atoms with Gasteiger partial charge in [0.15, 0.2) is 5.69 Å². The number of halogens is 4. The average Bonchev–Trinajstić information content (AvgIpc) is 2.93. The molecule has 1 aromatic heterocycles. The molecule has 25 heavy (non-hydrogen) atoms. The maximum atomic E-state index is 12.8. The van der Waals surface area contributed by atoms with Crippen molar-refractivity contribution in [1.29, 1.82) is 0 Å². The highest BCUT2D eigenvalue weighted by atomic mass is 35.5. The van der Waals surface area contributed by atoms with Crippen molar-refractivity contribution >= 4 is 44.3 Å². The van der Waals surface area contributed by atoms with Crippen LogP contribution >= 0.6 is 22.9 Å². The van der Waals surface area contributed by atoms with Gasteiger partial charge in [-0.1, -0.05) is 11.6 Å². The van der Waals surface area contributed by atoms with Crippen molar-refractivity contribution in [2.45, 2.75) is 12.7 Å². The zero-order valence-electron chi connectivity index (χ0n) is 11.9. The third kappa shape index (κ3) is 4.60. The predicted molar refractivity (Wildman–Crippen MR) is 83.3 cm³/mol. The number of benzene rings is 1. The maximum absolute atomic E-state index is 12.8. The molecule has 0 atom stereocenters. The summed E-state index contributed by atoms with van der Waals surface area (Å²) in [5.41, 5.74) is -1.79. The largest absolute Gasteiger partial charge is 0.476 e. The van der Waals surface area contributed by atoms with E-state index in [1.165, 1.54) is 0 Å². The fourth-order valence-electron chi connectivity index (χ4n) is 1.75. The molecule has 0 unspecified atom stereocenters. The van der Waals surface area contributed by atoms with Gasteiger partial charge in [0, 0.05) is 10.4 Å². The summed E-state index contributed by atoms with van der Waals surface area (Å²) in [4.78, 5) is 14.3. The Morgan fingerprint density at radius 1 is 1.36 bits per heavy atom. The van der Waals surface area contributed by atoms with E-state index in [2.05, 4.69) is 4.98 Å². The van der Waals surface area contributed by atoms with E-state index in [0.717, 1.165) is 17.5 Å². The Balaban J connectivity index is 2.46. The minimum Gasteiger partial charge on any atom is -0.476 e. The van der Waals surface area contributed by atoms with Gasteiger partial charge in [0.25, 0.3) is 0 Å². The van der Waals surface area contributed by atoms with Gasteiger partial charge in [0.2, 0.25) is 5.13 Å². The van der Waals surface area contributed by atoms with Crippen molar-refractivity contribution in [2.75, 3.05) is 4.31 Å². The number of carboxylic acids is 1. The highest BCUT2D eigenvalue weighted by molar-refractivity contribution is 7.87. The Hall–Kier alpha value is -1.89. The Morgan fingerprint density at radius 3 is 2.48 bits per heavy atom. The number of carbonyl (C=O) groups is 1. The summed E-state index contributed by atoms with van der Waals surface area (Å²) >= 11 is 6.38. The molecule has 0 aliphatic carbocycles. The summed E-state index contributed by atoms with van der Waals surface area (Å²) in [7, 11) is -4.95. The quantitative estimate of drug-likeness (QED) is 0.724. The van der Waals surface area contributed by atoms with Crippen LogP contribution in [0.5, 0.6) is 0 Å². The van der Waals surface area contributed by atoms with Crippen molar-refractivity contribution < 1.29 is 36.0 Å². The van der Waals surface area contributed by atoms with Crippen molar-refractivity contribution in [3.05, 3.63) is 45.4 Å². The van der Waals surface area contributed by atoms with Crippen LogP contribution in [-0.4, -0.2) is 29.0 Å². The average molecular weight is 417 g/mol. The third-order valence-corrected chi connectivity index (χ3v) is 5.10. The van der Waals surface area contributed by atoms with E-state index in [-0.39, 0.29) is 14.9 Å². The van der Waals surface area contributed by atoms with Crippen molar-refractivity contribution in [1.82, 2.24) is 4.98 Å². The van der Waals surface area contributed by atoms with Crippen LogP contribution in [0, 0.1) is 0 Å². The molecule has 13 heteroatoms. The number of alkyl halides is 3. The first-order valence-electron chi connectivity index (χ1n) is 6.19. The SMILES string of the molecule is O=C(O)c1csc(N(Cc2cc(C(F)(F)F)ccc2Cl)S(=O)(=O)O)n1. The zero-order valence-corrected chi connectivity index (χ0v) is 14.2. The second-order valence-electron chi connectivity index (χ2n) is 4.61. The van der Waals surface area contributed by atoms with Gasteiger partial charge in [-0.25, -0.2) is 14.1 Å². The molecule has 0 fully saturated rings. The molecule has 0 radical (unpaired) electrons. The number of rotatable bonds is 5. The lowest BCUT2D eigenvalue weighted by atomic mass is 10.1. The van der Waals surface area contributed by atoms with Gasteiger partial charge >= 0.3 is 22.4 Å². The molecule has 2 rings (SSSR count). The van der Waals surface area contributed by atoms with E-state index in [1.54, 1.807) is 0 Å². The van der Waals surface area contributed by atoms with Crippen LogP contribution in [0.15, 0.2) is 23.6 Å². The second-order valence-corrected chi connectivity index (χ2v) is 7.19. The Bertz CT molecular complexity index is 914. The molecular formula is C12H8ClF3N2O5S2. The lowest BCUT2D eigenvalue weighted by Crippen LogP contribution is -2.30. The van der Waals surface area contributed by atoms with E-state index in [1.807, 2.05) is 0 Å². The van der Waals surface area contributed by atoms with Crippen LogP contribution in [0.4, 0.5) is 18.3 Å². The van der Waals surface area contributed by atoms with Gasteiger partial charge in [-0.15, -0.1) is 11.3 Å². The van der Waals surface area contributed by atoms with Gasteiger partial charge in [0.1, 0.15) is 0 Å². The van der Waals surface area contributed by atoms with Crippen molar-refractivity contribution in [3.8, 4) is 0 Å². The molecule has 2 N–H and O–H groups in total. The van der Waals surface area contributed by atoms with E-state index >= 15 is 0 Å². The summed E-state index contributed by atoms with van der Waals surface area (Å²) < 4.78 is 71.0. The zero-order chi connectivity index (χ0) is 19.0. The van der Waals surface area contributed by atoms with Gasteiger partial charge < -0.3 is 5.11 Å². The van der Waals surface area contributed by atoms with Crippen LogP contribution in [0.3, 0.4) is 0 Å². The Kier molecular flexibility index (Phi) is 5.27. The number of hydrogen-bond acceptors (Lipinski definition) is 5. The first-order valence-corrected chi connectivity index (χ1v) is 8.84. The third-order valence-electron chi connectivity index (χ3n) is 2.89. The summed E-state index contributed by atoms with van der Waals surface area (Å²) in [5.74, 6) is -1.44. The Labute approximate surface area is 148 Å². The highest BCUT2D eigenvalue weighted by Gasteiger charge is 2.32. The molecule has 136 valence electrons. The number of hydrogen-bond donors (Lipinski definition) is 2. The lowest BCUT2D eigenvalue weighted by molar-refractivity contribution is -0.137. The fraction of sp³-hybridized carbons (Fsp3) is 0.167. The van der Waals surface area contributed by atoms with Crippen LogP contribution in [-0.2, 0) is 23.0 Å². The normalized spacial score (nSPS) is 12.2. The van der Waals surface area contributed by atoms with Crippen LogP contribution in [0.25, 0.3) is 0 Å². The number of aromatic carboxylic acids is 1. The maximum Gasteiger partial charge on any atom is 0.416 e. The highest BCUT2D eigenvalue weighted by Crippen LogP contribution is 2.33. The van der Waals surface area contributed by atoms with E-state index < -0.39 is 45.4 Å². The molecule has 0 amide bonds. The molecule has 0 aliphatic heterocycles. The minimum atomic E-state index is -4.95. The molecule has 7 nitrogen and oxygen atoms in total. The van der Waals surface area contributed by atoms with E-state index in [4.69, 9.17) is 16.7 Å². The molecule has 2 aromatic rings. The summed E-state index contributed by atoms with van der Waals surface area (Å²) in [6.07, 6.45) is -4.68. The standard InChI is InChI=1S/C12H8ClF3N2O5S2/c13-8-2-1-7(12(14,15)16)3-6(8)4-18(25(21,22)23)11-17-9(5-24-11)10(19)20/h1-3,5H,4H2,(H,19,20)(H,21,22,23). The number of aromatic nitrogens is 1. The fourth-order valence-corrected chi connectivity index (χ4v) is 3.59. The van der Waals surface area contributed by atoms with E-state index in [0.29, 0.717) is 17.4 Å². The van der Waals surface area contributed by atoms with Gasteiger partial charge in [-0.3, -0.25) is 4.55 Å². The van der Waals surface area contributed by atoms with Crippen LogP contribution in [0.2, 0.25) is 5.02 Å². The number of carboxylic acid groups (broad SMARTS) is 1. The molecular weight excluding hydrogens is 409 g/mol. The number of anilines is 1. The molecule has 1 heterocycles. The van der Waals surface area contributed by atoms with Gasteiger partial charge in [-0.05, 0) is 23.8 Å². The lowest BCUT2D eigenvalue weighted by Gasteiger charge is -2.19. The predicted octanol–water partition coefficient (Wildman–Crippen LogP) is 3.32. The minimum absolute atomic E-state index is 0.170. The monoisotopic (exact) mass is 416 g/mol. The van der Waals surface area contributed by atoms with Gasteiger partial charge in [-0.2, -0.15) is 21.6 Å². The van der Waals surface area contributed by atoms with Crippen molar-refractivity contribution in [3.63, 3.8) is 0 Å². The molecule has 0 saturated carbocycles. The molecule has 1 aromatic carbocycles. The molecule has 0 bridgehead atoms. The second kappa shape index (κ2) is 6.78. The van der Waals surface area contributed by atoms with E-state index in [9.17, 15) is 30.9 Å². The first-order chi connectivity index (χ1) is 11.4. The first kappa shape index (κ1) is 19.4. The van der Waals surface area contributed by atoms with Crippen molar-refractivity contribution in [2.24, 2.45) is 0 Å². The molecule has 0 saturated heterocycles. The Morgan fingerprint density at radius 2 is 2.00 bits per heavy atom. The number of nitrogens with zero attached hydrogens (tertiary/aromatic N) is 2. The summed E-state index contributed by atoms with van der Waals surface area (Å²) in [6.45, 7) is -0.770. The molecule has 0 spiro atoms. The van der Waals surface area contributed by atoms with Crippen LogP contribution < -0.4 is 4.31 Å². The summed E-state index contributed by atoms with van der Waals surface area (Å²) in [5, 5.41) is 9.22. The molecule has 0 aliphatic rings. The smallest absolute Gasteiger partial charge is 0.416 e. The van der Waals surface area contributed by atoms with Crippen LogP contribution in [0.1, 0.15) is 21.6 Å². The number of thiazole rings is 1. The topological polar surface area (TPSA) is 108 Å².